The van der Waals surface area contributed by atoms with E-state index >= 15 is 0 Å². The maximum atomic E-state index is 14.4. The molecule has 2 N–H and O–H groups in total. The molecule has 1 fully saturated rings. The molecule has 1 aliphatic heterocycles. The maximum Gasteiger partial charge on any atom is 0.492 e. The Labute approximate surface area is 148 Å². The summed E-state index contributed by atoms with van der Waals surface area (Å²) in [7, 11) is -0.700. The Hall–Kier alpha value is -1.70. The van der Waals surface area contributed by atoms with Crippen LogP contribution in [0.1, 0.15) is 45.7 Å². The molecule has 0 aliphatic carbocycles. The van der Waals surface area contributed by atoms with Gasteiger partial charge in [0.2, 0.25) is 5.91 Å². The van der Waals surface area contributed by atoms with Crippen molar-refractivity contribution < 1.29 is 23.6 Å². The number of aliphatic hydroxyl groups excluding tert-OH is 1. The molecule has 0 saturated carbocycles. The fraction of sp³-hybridized carbons (Fsp3) is 0.500. The third-order valence-corrected chi connectivity index (χ3v) is 4.72. The first-order chi connectivity index (χ1) is 11.6. The lowest BCUT2D eigenvalue weighted by atomic mass is 9.76. The van der Waals surface area contributed by atoms with Gasteiger partial charge in [-0.2, -0.15) is 0 Å². The smallest absolute Gasteiger partial charge is 0.400 e. The molecular formula is C18H25BFNO4. The number of halogens is 1. The number of rotatable bonds is 5. The molecule has 0 unspecified atom stereocenters. The first kappa shape index (κ1) is 19.6. The predicted octanol–water partition coefficient (Wildman–Crippen LogP) is 2.47. The number of carbonyl (C=O) groups excluding carboxylic acids is 1. The Balaban J connectivity index is 2.39. The molecule has 0 aromatic heterocycles. The van der Waals surface area contributed by atoms with E-state index in [1.54, 1.807) is 18.2 Å². The van der Waals surface area contributed by atoms with Gasteiger partial charge in [0.1, 0.15) is 5.82 Å². The van der Waals surface area contributed by atoms with Crippen LogP contribution in [-0.2, 0) is 20.7 Å². The summed E-state index contributed by atoms with van der Waals surface area (Å²) in [5.74, 6) is -0.700. The topological polar surface area (TPSA) is 67.8 Å². The molecule has 1 aromatic rings. The molecule has 5 nitrogen and oxygen atoms in total. The fourth-order valence-corrected chi connectivity index (χ4v) is 2.46. The van der Waals surface area contributed by atoms with Crippen molar-refractivity contribution >= 4 is 19.1 Å². The van der Waals surface area contributed by atoms with Gasteiger partial charge in [0, 0.05) is 24.6 Å². The van der Waals surface area contributed by atoms with Gasteiger partial charge in [0.25, 0.3) is 0 Å². The maximum absolute atomic E-state index is 14.4. The largest absolute Gasteiger partial charge is 0.492 e. The number of carbonyl (C=O) groups is 1. The summed E-state index contributed by atoms with van der Waals surface area (Å²) in [5.41, 5.74) is 0.0303. The summed E-state index contributed by atoms with van der Waals surface area (Å²) in [6.45, 7) is 8.91. The minimum Gasteiger partial charge on any atom is -0.400 e. The summed E-state index contributed by atoms with van der Waals surface area (Å²) in [5, 5.41) is 11.9. The molecule has 0 spiro atoms. The van der Waals surface area contributed by atoms with E-state index in [0.29, 0.717) is 11.0 Å². The summed E-state index contributed by atoms with van der Waals surface area (Å²) in [4.78, 5) is 11.3. The quantitative estimate of drug-likeness (QED) is 0.802. The molecule has 1 heterocycles. The number of amides is 1. The number of hydrogen-bond donors (Lipinski definition) is 2. The molecule has 25 heavy (non-hydrogen) atoms. The highest BCUT2D eigenvalue weighted by Crippen LogP contribution is 2.38. The molecule has 2 rings (SSSR count). The summed E-state index contributed by atoms with van der Waals surface area (Å²) in [6.07, 6.45) is 1.60. The Kier molecular flexibility index (Phi) is 5.71. The fourth-order valence-electron chi connectivity index (χ4n) is 2.46. The molecule has 7 heteroatoms. The van der Waals surface area contributed by atoms with Gasteiger partial charge in [0.15, 0.2) is 0 Å². The minimum atomic E-state index is -0.700. The minimum absolute atomic E-state index is 0.176. The second-order valence-corrected chi connectivity index (χ2v) is 7.20. The van der Waals surface area contributed by atoms with Gasteiger partial charge in [-0.25, -0.2) is 4.39 Å². The molecular weight excluding hydrogens is 324 g/mol. The zero-order valence-corrected chi connectivity index (χ0v) is 15.4. The first-order valence-corrected chi connectivity index (χ1v) is 8.26. The van der Waals surface area contributed by atoms with E-state index in [0.717, 1.165) is 0 Å². The molecule has 1 aliphatic rings. The van der Waals surface area contributed by atoms with Crippen LogP contribution in [0.5, 0.6) is 0 Å². The van der Waals surface area contributed by atoms with Gasteiger partial charge in [-0.1, -0.05) is 24.3 Å². The molecule has 0 radical (unpaired) electrons. The molecule has 136 valence electrons. The highest BCUT2D eigenvalue weighted by Gasteiger charge is 2.52. The Bertz CT molecular complexity index is 672. The van der Waals surface area contributed by atoms with Crippen molar-refractivity contribution in [3.63, 3.8) is 0 Å². The van der Waals surface area contributed by atoms with Crippen LogP contribution in [0.4, 0.5) is 4.39 Å². The van der Waals surface area contributed by atoms with Gasteiger partial charge >= 0.3 is 7.12 Å². The Morgan fingerprint density at radius 1 is 1.28 bits per heavy atom. The van der Waals surface area contributed by atoms with E-state index in [-0.39, 0.29) is 24.6 Å². The second kappa shape index (κ2) is 7.27. The lowest BCUT2D eigenvalue weighted by molar-refractivity contribution is -0.118. The van der Waals surface area contributed by atoms with Crippen molar-refractivity contribution in [2.75, 3.05) is 6.54 Å². The SMILES string of the molecule is CC(=O)NCC(=Cc1cccc(CO)c1F)B1OC(C)(C)C(C)(C)O1. The molecule has 0 atom stereocenters. The van der Waals surface area contributed by atoms with Crippen LogP contribution < -0.4 is 5.32 Å². The Morgan fingerprint density at radius 2 is 1.88 bits per heavy atom. The predicted molar refractivity (Wildman–Crippen MR) is 95.1 cm³/mol. The normalized spacial score (nSPS) is 19.2. The van der Waals surface area contributed by atoms with E-state index in [1.807, 2.05) is 27.7 Å². The van der Waals surface area contributed by atoms with Gasteiger partial charge in [-0.15, -0.1) is 0 Å². The standard InChI is InChI=1S/C18H25BFNO4/c1-12(23)21-10-15(19-24-17(2,3)18(4,5)25-19)9-13-7-6-8-14(11-22)16(13)20/h6-9,22H,10-11H2,1-5H3,(H,21,23). The van der Waals surface area contributed by atoms with Gasteiger partial charge < -0.3 is 19.7 Å². The molecule has 0 bridgehead atoms. The molecule has 1 amide bonds. The average Bonchev–Trinajstić information content (AvgIpc) is 2.73. The number of hydrogen-bond acceptors (Lipinski definition) is 4. The van der Waals surface area contributed by atoms with Crippen LogP contribution in [0, 0.1) is 5.82 Å². The van der Waals surface area contributed by atoms with Crippen molar-refractivity contribution in [3.05, 3.63) is 40.6 Å². The number of aliphatic hydroxyl groups is 1. The van der Waals surface area contributed by atoms with Crippen LogP contribution >= 0.6 is 0 Å². The van der Waals surface area contributed by atoms with Crippen LogP contribution in [0.25, 0.3) is 6.08 Å². The summed E-state index contributed by atoms with van der Waals surface area (Å²) < 4.78 is 26.5. The highest BCUT2D eigenvalue weighted by molar-refractivity contribution is 6.56. The zero-order chi connectivity index (χ0) is 18.8. The lowest BCUT2D eigenvalue weighted by Gasteiger charge is -2.32. The Morgan fingerprint density at radius 3 is 2.40 bits per heavy atom. The van der Waals surface area contributed by atoms with Crippen LogP contribution in [0.15, 0.2) is 23.7 Å². The van der Waals surface area contributed by atoms with E-state index < -0.39 is 24.1 Å². The van der Waals surface area contributed by atoms with Crippen molar-refractivity contribution in [2.45, 2.75) is 52.4 Å². The average molecular weight is 349 g/mol. The van der Waals surface area contributed by atoms with Gasteiger partial charge in [-0.3, -0.25) is 4.79 Å². The van der Waals surface area contributed by atoms with Crippen LogP contribution in [0.3, 0.4) is 0 Å². The van der Waals surface area contributed by atoms with Gasteiger partial charge in [-0.05, 0) is 33.2 Å². The highest BCUT2D eigenvalue weighted by atomic mass is 19.1. The van der Waals surface area contributed by atoms with Crippen molar-refractivity contribution in [3.8, 4) is 0 Å². The van der Waals surface area contributed by atoms with E-state index in [1.165, 1.54) is 13.0 Å². The first-order valence-electron chi connectivity index (χ1n) is 8.26. The molecule has 1 aromatic carbocycles. The van der Waals surface area contributed by atoms with Crippen LogP contribution in [-0.4, -0.2) is 35.9 Å². The monoisotopic (exact) mass is 349 g/mol. The van der Waals surface area contributed by atoms with Gasteiger partial charge in [0.05, 0.1) is 17.8 Å². The van der Waals surface area contributed by atoms with Crippen molar-refractivity contribution in [1.29, 1.82) is 0 Å². The lowest BCUT2D eigenvalue weighted by Crippen LogP contribution is -2.41. The number of benzene rings is 1. The van der Waals surface area contributed by atoms with Crippen molar-refractivity contribution in [1.82, 2.24) is 5.32 Å². The van der Waals surface area contributed by atoms with E-state index in [4.69, 9.17) is 9.31 Å². The number of nitrogens with one attached hydrogen (secondary N) is 1. The molecule has 1 saturated heterocycles. The third kappa shape index (κ3) is 4.29. The van der Waals surface area contributed by atoms with Crippen molar-refractivity contribution in [2.24, 2.45) is 0 Å². The third-order valence-electron chi connectivity index (χ3n) is 4.72. The zero-order valence-electron chi connectivity index (χ0n) is 15.4. The van der Waals surface area contributed by atoms with Crippen LogP contribution in [0.2, 0.25) is 0 Å². The second-order valence-electron chi connectivity index (χ2n) is 7.20. The summed E-state index contributed by atoms with van der Waals surface area (Å²) >= 11 is 0. The van der Waals surface area contributed by atoms with E-state index in [9.17, 15) is 14.3 Å². The van der Waals surface area contributed by atoms with E-state index in [2.05, 4.69) is 5.32 Å². The summed E-state index contributed by atoms with van der Waals surface area (Å²) in [6, 6.07) is 4.79.